The Morgan fingerprint density at radius 2 is 2.05 bits per heavy atom. The molecule has 0 aliphatic carbocycles. The lowest BCUT2D eigenvalue weighted by Gasteiger charge is -2.20. The Hall–Kier alpha value is -0.670. The van der Waals surface area contributed by atoms with Gasteiger partial charge in [-0.1, -0.05) is 11.6 Å². The lowest BCUT2D eigenvalue weighted by Crippen LogP contribution is -2.35. The zero-order chi connectivity index (χ0) is 16.0. The summed E-state index contributed by atoms with van der Waals surface area (Å²) >= 11 is 6.93. The molecular formula is C12H18ClNO5S2. The average molecular weight is 356 g/mol. The van der Waals surface area contributed by atoms with Gasteiger partial charge in [0.15, 0.2) is 0 Å². The second-order valence-corrected chi connectivity index (χ2v) is 8.06. The first-order chi connectivity index (χ1) is 9.82. The second-order valence-electron chi connectivity index (χ2n) is 4.25. The molecule has 0 unspecified atom stereocenters. The fraction of sp³-hybridized carbons (Fsp3) is 0.583. The first-order valence-electron chi connectivity index (χ1n) is 6.14. The number of nitrogens with zero attached hydrogens (tertiary/aromatic N) is 1. The van der Waals surface area contributed by atoms with Crippen molar-refractivity contribution in [2.75, 3.05) is 33.9 Å². The van der Waals surface area contributed by atoms with Crippen molar-refractivity contribution in [3.05, 3.63) is 16.0 Å². The van der Waals surface area contributed by atoms with E-state index in [1.165, 1.54) is 24.6 Å². The minimum Gasteiger partial charge on any atom is -0.469 e. The van der Waals surface area contributed by atoms with Crippen molar-refractivity contribution in [3.8, 4) is 0 Å². The van der Waals surface area contributed by atoms with Gasteiger partial charge in [0.05, 0.1) is 24.5 Å². The Morgan fingerprint density at radius 3 is 2.52 bits per heavy atom. The highest BCUT2D eigenvalue weighted by Crippen LogP contribution is 2.32. The Labute approximate surface area is 133 Å². The minimum absolute atomic E-state index is 0.0163. The molecule has 0 amide bonds. The van der Waals surface area contributed by atoms with Crippen LogP contribution in [0.1, 0.15) is 12.0 Å². The molecule has 0 saturated carbocycles. The van der Waals surface area contributed by atoms with E-state index in [-0.39, 0.29) is 30.3 Å². The summed E-state index contributed by atoms with van der Waals surface area (Å²) in [5, 5.41) is 0. The zero-order valence-corrected chi connectivity index (χ0v) is 14.5. The van der Waals surface area contributed by atoms with Crippen LogP contribution in [-0.2, 0) is 24.3 Å². The fourth-order valence-electron chi connectivity index (χ4n) is 1.55. The number of thiophene rings is 1. The molecule has 0 aliphatic heterocycles. The number of rotatable bonds is 8. The van der Waals surface area contributed by atoms with Crippen molar-refractivity contribution in [3.63, 3.8) is 0 Å². The van der Waals surface area contributed by atoms with Gasteiger partial charge < -0.3 is 9.47 Å². The molecule has 0 atom stereocenters. The molecule has 0 saturated heterocycles. The van der Waals surface area contributed by atoms with E-state index >= 15 is 0 Å². The molecular weight excluding hydrogens is 338 g/mol. The van der Waals surface area contributed by atoms with Crippen molar-refractivity contribution in [1.82, 2.24) is 4.31 Å². The molecule has 6 nitrogen and oxygen atoms in total. The van der Waals surface area contributed by atoms with Gasteiger partial charge in [0.1, 0.15) is 4.21 Å². The SMILES string of the molecule is COCCN(CCC(=O)OC)S(=O)(=O)c1cc(C)c(Cl)s1. The molecule has 0 aromatic carbocycles. The summed E-state index contributed by atoms with van der Waals surface area (Å²) in [4.78, 5) is 11.2. The third-order valence-electron chi connectivity index (χ3n) is 2.77. The van der Waals surface area contributed by atoms with Crippen LogP contribution >= 0.6 is 22.9 Å². The highest BCUT2D eigenvalue weighted by molar-refractivity contribution is 7.91. The van der Waals surface area contributed by atoms with Crippen LogP contribution in [0.15, 0.2) is 10.3 Å². The Bertz CT molecular complexity index is 565. The fourth-order valence-corrected chi connectivity index (χ4v) is 4.84. The van der Waals surface area contributed by atoms with Gasteiger partial charge in [-0.15, -0.1) is 11.3 Å². The largest absolute Gasteiger partial charge is 0.469 e. The van der Waals surface area contributed by atoms with Crippen LogP contribution in [0, 0.1) is 6.92 Å². The van der Waals surface area contributed by atoms with Crippen molar-refractivity contribution in [1.29, 1.82) is 0 Å². The standard InChI is InChI=1S/C12H18ClNO5S2/c1-9-8-11(20-12(9)13)21(16,17)14(6-7-18-2)5-4-10(15)19-3/h8H,4-7H2,1-3H3. The number of methoxy groups -OCH3 is 2. The van der Waals surface area contributed by atoms with Crippen molar-refractivity contribution >= 4 is 38.9 Å². The van der Waals surface area contributed by atoms with E-state index < -0.39 is 16.0 Å². The summed E-state index contributed by atoms with van der Waals surface area (Å²) in [6.07, 6.45) is -0.0163. The van der Waals surface area contributed by atoms with Gasteiger partial charge in [0.25, 0.3) is 10.0 Å². The number of carbonyl (C=O) groups is 1. The molecule has 0 fully saturated rings. The molecule has 0 N–H and O–H groups in total. The van der Waals surface area contributed by atoms with Crippen LogP contribution in [0.3, 0.4) is 0 Å². The second kappa shape index (κ2) is 8.09. The van der Waals surface area contributed by atoms with Crippen LogP contribution in [0.2, 0.25) is 4.34 Å². The molecule has 9 heteroatoms. The van der Waals surface area contributed by atoms with Gasteiger partial charge in [-0.3, -0.25) is 4.79 Å². The van der Waals surface area contributed by atoms with Crippen LogP contribution in [0.25, 0.3) is 0 Å². The molecule has 1 aromatic rings. The lowest BCUT2D eigenvalue weighted by atomic mass is 10.4. The van der Waals surface area contributed by atoms with Gasteiger partial charge in [-0.05, 0) is 18.6 Å². The monoisotopic (exact) mass is 355 g/mol. The maximum Gasteiger partial charge on any atom is 0.306 e. The number of hydrogen-bond donors (Lipinski definition) is 0. The van der Waals surface area contributed by atoms with Gasteiger partial charge in [-0.2, -0.15) is 4.31 Å². The molecule has 1 rings (SSSR count). The van der Waals surface area contributed by atoms with E-state index in [9.17, 15) is 13.2 Å². The summed E-state index contributed by atoms with van der Waals surface area (Å²) in [6, 6.07) is 1.53. The van der Waals surface area contributed by atoms with Gasteiger partial charge in [0, 0.05) is 20.2 Å². The number of sulfonamides is 1. The molecule has 1 heterocycles. The topological polar surface area (TPSA) is 72.9 Å². The Morgan fingerprint density at radius 1 is 1.38 bits per heavy atom. The number of carbonyl (C=O) groups excluding carboxylic acids is 1. The highest BCUT2D eigenvalue weighted by Gasteiger charge is 2.27. The smallest absolute Gasteiger partial charge is 0.306 e. The van der Waals surface area contributed by atoms with E-state index in [0.29, 0.717) is 9.90 Å². The zero-order valence-electron chi connectivity index (χ0n) is 12.1. The Balaban J connectivity index is 2.96. The quantitative estimate of drug-likeness (QED) is 0.666. The predicted molar refractivity (Wildman–Crippen MR) is 81.3 cm³/mol. The Kier molecular flexibility index (Phi) is 7.08. The molecule has 1 aromatic heterocycles. The van der Waals surface area contributed by atoms with Gasteiger partial charge >= 0.3 is 5.97 Å². The van der Waals surface area contributed by atoms with Gasteiger partial charge in [-0.25, -0.2) is 8.42 Å². The van der Waals surface area contributed by atoms with Gasteiger partial charge in [0.2, 0.25) is 0 Å². The molecule has 0 aliphatic rings. The maximum absolute atomic E-state index is 12.6. The number of ether oxygens (including phenoxy) is 2. The van der Waals surface area contributed by atoms with E-state index in [2.05, 4.69) is 4.74 Å². The highest BCUT2D eigenvalue weighted by atomic mass is 35.5. The normalized spacial score (nSPS) is 11.9. The first kappa shape index (κ1) is 18.4. The summed E-state index contributed by atoms with van der Waals surface area (Å²) in [5.41, 5.74) is 0.708. The van der Waals surface area contributed by atoms with Crippen molar-refractivity contribution in [2.45, 2.75) is 17.6 Å². The lowest BCUT2D eigenvalue weighted by molar-refractivity contribution is -0.140. The molecule has 21 heavy (non-hydrogen) atoms. The first-order valence-corrected chi connectivity index (χ1v) is 8.78. The average Bonchev–Trinajstić information content (AvgIpc) is 2.78. The summed E-state index contributed by atoms with van der Waals surface area (Å²) in [7, 11) is -0.953. The summed E-state index contributed by atoms with van der Waals surface area (Å²) in [6.45, 7) is 2.17. The third kappa shape index (κ3) is 4.93. The number of halogens is 1. The third-order valence-corrected chi connectivity index (χ3v) is 6.67. The van der Waals surface area contributed by atoms with Crippen LogP contribution in [0.5, 0.6) is 0 Å². The number of esters is 1. The minimum atomic E-state index is -3.70. The van der Waals surface area contributed by atoms with Crippen LogP contribution < -0.4 is 0 Å². The van der Waals surface area contributed by atoms with E-state index in [0.717, 1.165) is 11.3 Å². The van der Waals surface area contributed by atoms with Crippen LogP contribution in [-0.4, -0.2) is 52.6 Å². The number of aryl methyl sites for hydroxylation is 1. The van der Waals surface area contributed by atoms with E-state index in [4.69, 9.17) is 16.3 Å². The van der Waals surface area contributed by atoms with E-state index in [1.807, 2.05) is 0 Å². The summed E-state index contributed by atoms with van der Waals surface area (Å²) in [5.74, 6) is -0.465. The predicted octanol–water partition coefficient (Wildman–Crippen LogP) is 1.91. The molecule has 0 spiro atoms. The van der Waals surface area contributed by atoms with E-state index in [1.54, 1.807) is 6.92 Å². The number of hydrogen-bond acceptors (Lipinski definition) is 6. The molecule has 120 valence electrons. The van der Waals surface area contributed by atoms with Crippen molar-refractivity contribution < 1.29 is 22.7 Å². The maximum atomic E-state index is 12.6. The van der Waals surface area contributed by atoms with Crippen molar-refractivity contribution in [2.24, 2.45) is 0 Å². The van der Waals surface area contributed by atoms with Crippen LogP contribution in [0.4, 0.5) is 0 Å². The molecule has 0 bridgehead atoms. The summed E-state index contributed by atoms with van der Waals surface area (Å²) < 4.78 is 36.4. The molecule has 0 radical (unpaired) electrons.